The van der Waals surface area contributed by atoms with Gasteiger partial charge in [-0.2, -0.15) is 0 Å². The maximum absolute atomic E-state index is 8.69. The maximum atomic E-state index is 8.69. The summed E-state index contributed by atoms with van der Waals surface area (Å²) in [5.74, 6) is 0. The first-order valence-corrected chi connectivity index (χ1v) is 7.07. The molecule has 0 heterocycles. The molecule has 0 radical (unpaired) electrons. The second-order valence-corrected chi connectivity index (χ2v) is 5.30. The van der Waals surface area contributed by atoms with Crippen molar-refractivity contribution in [1.29, 1.82) is 0 Å². The molecule has 2 fully saturated rings. The van der Waals surface area contributed by atoms with E-state index in [4.69, 9.17) is 26.9 Å². The van der Waals surface area contributed by atoms with Crippen LogP contribution in [0.4, 0.5) is 0 Å². The molecule has 13 nitrogen and oxygen atoms in total. The van der Waals surface area contributed by atoms with Gasteiger partial charge in [0.05, 0.1) is 24.3 Å². The zero-order chi connectivity index (χ0) is 16.7. The monoisotopic (exact) mass is 318 g/mol. The number of rotatable bonds is 6. The van der Waals surface area contributed by atoms with Crippen LogP contribution in [0.5, 0.6) is 0 Å². The van der Waals surface area contributed by atoms with Gasteiger partial charge in [0.1, 0.15) is 0 Å². The minimum atomic E-state index is -0.596. The van der Waals surface area contributed by atoms with Gasteiger partial charge in [0.15, 0.2) is 0 Å². The average molecular weight is 318 g/mol. The zero-order valence-corrected chi connectivity index (χ0v) is 12.1. The third-order valence-corrected chi connectivity index (χ3v) is 4.16. The number of ether oxygens (including phenoxy) is 1. The summed E-state index contributed by atoms with van der Waals surface area (Å²) < 4.78 is 5.96. The zero-order valence-electron chi connectivity index (χ0n) is 12.1. The summed E-state index contributed by atoms with van der Waals surface area (Å²) in [4.78, 5) is 11.1. The maximum Gasteiger partial charge on any atom is 0.0720 e. The standard InChI is InChI=1S/C10H14N12O/c11-19-15-5-1-3-7(9(5)17-21-13)23-8-4-2-6(16-20-12)10(8)18-22-14/h5-10H,1-4H2. The van der Waals surface area contributed by atoms with Gasteiger partial charge in [-0.1, -0.05) is 20.5 Å². The lowest BCUT2D eigenvalue weighted by Gasteiger charge is -2.25. The van der Waals surface area contributed by atoms with Gasteiger partial charge in [-0.25, -0.2) is 0 Å². The van der Waals surface area contributed by atoms with Crippen molar-refractivity contribution < 1.29 is 4.74 Å². The van der Waals surface area contributed by atoms with E-state index in [9.17, 15) is 0 Å². The van der Waals surface area contributed by atoms with Crippen LogP contribution in [0, 0.1) is 0 Å². The van der Waals surface area contributed by atoms with Crippen LogP contribution in [0.15, 0.2) is 20.5 Å². The van der Waals surface area contributed by atoms with Crippen LogP contribution in [0.3, 0.4) is 0 Å². The Bertz CT molecular complexity index is 570. The van der Waals surface area contributed by atoms with Crippen molar-refractivity contribution in [2.45, 2.75) is 62.1 Å². The summed E-state index contributed by atoms with van der Waals surface area (Å²) in [5.41, 5.74) is 34.5. The van der Waals surface area contributed by atoms with Gasteiger partial charge in [0, 0.05) is 31.7 Å². The summed E-state index contributed by atoms with van der Waals surface area (Å²) in [6.45, 7) is 0. The molecule has 6 atom stereocenters. The number of hydrogen-bond donors (Lipinski definition) is 0. The Morgan fingerprint density at radius 1 is 0.609 bits per heavy atom. The second kappa shape index (κ2) is 8.00. The molecule has 0 aromatic rings. The van der Waals surface area contributed by atoms with Crippen LogP contribution in [0.2, 0.25) is 0 Å². The summed E-state index contributed by atoms with van der Waals surface area (Å²) in [6.07, 6.45) is 1.40. The van der Waals surface area contributed by atoms with Crippen LogP contribution in [0.1, 0.15) is 25.7 Å². The van der Waals surface area contributed by atoms with Gasteiger partial charge in [-0.3, -0.25) is 0 Å². The SMILES string of the molecule is [N-]=[N+]=NC1CCC(OC2CCC(N=[N+]=[N-])C2N=[N+]=[N-])C1N=[N+]=[N-]. The first-order chi connectivity index (χ1) is 11.2. The Balaban J connectivity index is 2.13. The van der Waals surface area contributed by atoms with E-state index in [2.05, 4.69) is 40.1 Å². The van der Waals surface area contributed by atoms with Gasteiger partial charge >= 0.3 is 0 Å². The Labute approximate surface area is 130 Å². The molecule has 0 aromatic heterocycles. The highest BCUT2D eigenvalue weighted by atomic mass is 16.5. The smallest absolute Gasteiger partial charge is 0.0720 e. The molecule has 0 bridgehead atoms. The molecular formula is C10H14N12O. The molecule has 0 amide bonds. The van der Waals surface area contributed by atoms with Gasteiger partial charge in [0.2, 0.25) is 0 Å². The van der Waals surface area contributed by atoms with E-state index in [1.165, 1.54) is 0 Å². The molecule has 2 aliphatic carbocycles. The van der Waals surface area contributed by atoms with E-state index in [1.807, 2.05) is 0 Å². The van der Waals surface area contributed by atoms with Crippen LogP contribution in [0.25, 0.3) is 41.8 Å². The highest BCUT2D eigenvalue weighted by Crippen LogP contribution is 2.35. The molecule has 0 aromatic carbocycles. The summed E-state index contributed by atoms with van der Waals surface area (Å²) in [5, 5.41) is 14.6. The molecule has 0 spiro atoms. The van der Waals surface area contributed by atoms with Crippen LogP contribution in [-0.4, -0.2) is 36.4 Å². The topological polar surface area (TPSA) is 204 Å². The van der Waals surface area contributed by atoms with Crippen LogP contribution in [-0.2, 0) is 4.74 Å². The molecule has 0 aliphatic heterocycles. The van der Waals surface area contributed by atoms with Crippen molar-refractivity contribution in [3.8, 4) is 0 Å². The van der Waals surface area contributed by atoms with Crippen molar-refractivity contribution in [1.82, 2.24) is 0 Å². The number of nitrogens with zero attached hydrogens (tertiary/aromatic N) is 12. The van der Waals surface area contributed by atoms with E-state index >= 15 is 0 Å². The Morgan fingerprint density at radius 3 is 1.35 bits per heavy atom. The normalized spacial score (nSPS) is 35.3. The molecule has 120 valence electrons. The van der Waals surface area contributed by atoms with E-state index in [0.717, 1.165) is 0 Å². The fraction of sp³-hybridized carbons (Fsp3) is 1.00. The Morgan fingerprint density at radius 2 is 1.00 bits per heavy atom. The van der Waals surface area contributed by atoms with Crippen LogP contribution >= 0.6 is 0 Å². The largest absolute Gasteiger partial charge is 0.374 e. The third-order valence-electron chi connectivity index (χ3n) is 4.16. The lowest BCUT2D eigenvalue weighted by atomic mass is 10.1. The molecular weight excluding hydrogens is 304 g/mol. The van der Waals surface area contributed by atoms with Gasteiger partial charge in [-0.15, -0.1) is 0 Å². The molecule has 2 saturated carbocycles. The first kappa shape index (κ1) is 16.6. The van der Waals surface area contributed by atoms with E-state index in [1.54, 1.807) is 0 Å². The molecule has 0 N–H and O–H groups in total. The van der Waals surface area contributed by atoms with Crippen molar-refractivity contribution in [3.63, 3.8) is 0 Å². The minimum Gasteiger partial charge on any atom is -0.374 e. The Kier molecular flexibility index (Phi) is 5.76. The highest BCUT2D eigenvalue weighted by Gasteiger charge is 2.42. The fourth-order valence-electron chi connectivity index (χ4n) is 3.18. The first-order valence-electron chi connectivity index (χ1n) is 7.07. The van der Waals surface area contributed by atoms with E-state index in [0.29, 0.717) is 25.7 Å². The van der Waals surface area contributed by atoms with Gasteiger partial charge < -0.3 is 4.74 Å². The van der Waals surface area contributed by atoms with E-state index in [-0.39, 0.29) is 0 Å². The summed E-state index contributed by atoms with van der Waals surface area (Å²) >= 11 is 0. The number of azide groups is 4. The van der Waals surface area contributed by atoms with Crippen molar-refractivity contribution in [2.24, 2.45) is 20.5 Å². The van der Waals surface area contributed by atoms with Crippen LogP contribution < -0.4 is 0 Å². The van der Waals surface area contributed by atoms with Gasteiger partial charge in [0.25, 0.3) is 0 Å². The van der Waals surface area contributed by atoms with Gasteiger partial charge in [-0.05, 0) is 47.8 Å². The fourth-order valence-corrected chi connectivity index (χ4v) is 3.18. The third kappa shape index (κ3) is 3.70. The average Bonchev–Trinajstić information content (AvgIpc) is 3.09. The lowest BCUT2D eigenvalue weighted by Crippen LogP contribution is -2.36. The minimum absolute atomic E-state index is 0.424. The van der Waals surface area contributed by atoms with Crippen molar-refractivity contribution >= 4 is 0 Å². The summed E-state index contributed by atoms with van der Waals surface area (Å²) in [7, 11) is 0. The molecule has 0 saturated heterocycles. The van der Waals surface area contributed by atoms with E-state index < -0.39 is 36.4 Å². The highest BCUT2D eigenvalue weighted by molar-refractivity contribution is 5.01. The van der Waals surface area contributed by atoms with Crippen molar-refractivity contribution in [2.75, 3.05) is 0 Å². The molecule has 13 heteroatoms. The van der Waals surface area contributed by atoms with Crippen molar-refractivity contribution in [3.05, 3.63) is 41.8 Å². The Hall–Kier alpha value is -2.80. The molecule has 2 aliphatic rings. The lowest BCUT2D eigenvalue weighted by molar-refractivity contribution is -0.0202. The molecule has 2 rings (SSSR count). The predicted octanol–water partition coefficient (Wildman–Crippen LogP) is 4.04. The number of hydrogen-bond acceptors (Lipinski definition) is 5. The summed E-state index contributed by atoms with van der Waals surface area (Å²) in [6, 6.07) is -2.09. The quantitative estimate of drug-likeness (QED) is 0.396. The molecule has 23 heavy (non-hydrogen) atoms. The second-order valence-electron chi connectivity index (χ2n) is 5.30. The predicted molar refractivity (Wildman–Crippen MR) is 78.9 cm³/mol. The molecule has 6 unspecified atom stereocenters.